The monoisotopic (exact) mass is 328 g/mol. The summed E-state index contributed by atoms with van der Waals surface area (Å²) in [6.45, 7) is 2.89. The van der Waals surface area contributed by atoms with E-state index in [9.17, 15) is 4.79 Å². The topological polar surface area (TPSA) is 87.6 Å². The molecule has 1 saturated heterocycles. The van der Waals surface area contributed by atoms with E-state index in [2.05, 4.69) is 10.3 Å². The van der Waals surface area contributed by atoms with Gasteiger partial charge in [0.05, 0.1) is 24.7 Å². The SMILES string of the molecule is COc1ccc2c(c1)n(C(=O)N1CCCC1)c(=N)n2C1=NCCN1. The van der Waals surface area contributed by atoms with Crippen LogP contribution in [0, 0.1) is 5.41 Å². The zero-order valence-electron chi connectivity index (χ0n) is 13.6. The van der Waals surface area contributed by atoms with Crippen molar-refractivity contribution in [1.29, 1.82) is 5.41 Å². The van der Waals surface area contributed by atoms with E-state index in [1.807, 2.05) is 12.1 Å². The van der Waals surface area contributed by atoms with Crippen LogP contribution in [0.3, 0.4) is 0 Å². The Morgan fingerprint density at radius 1 is 1.29 bits per heavy atom. The maximum atomic E-state index is 13.0. The molecule has 4 rings (SSSR count). The third-order valence-electron chi connectivity index (χ3n) is 4.52. The number of aliphatic imine (C=N–C) groups is 1. The Kier molecular flexibility index (Phi) is 3.51. The van der Waals surface area contributed by atoms with Gasteiger partial charge in [0.25, 0.3) is 0 Å². The van der Waals surface area contributed by atoms with E-state index in [0.29, 0.717) is 23.8 Å². The summed E-state index contributed by atoms with van der Waals surface area (Å²) in [7, 11) is 1.59. The zero-order chi connectivity index (χ0) is 16.7. The second-order valence-electron chi connectivity index (χ2n) is 5.96. The molecule has 1 amide bonds. The number of aromatic nitrogens is 2. The minimum Gasteiger partial charge on any atom is -0.497 e. The fourth-order valence-corrected chi connectivity index (χ4v) is 3.32. The van der Waals surface area contributed by atoms with Crippen LogP contribution in [0.2, 0.25) is 0 Å². The molecule has 2 aromatic rings. The van der Waals surface area contributed by atoms with E-state index in [4.69, 9.17) is 10.1 Å². The van der Waals surface area contributed by atoms with Gasteiger partial charge in [-0.1, -0.05) is 0 Å². The third kappa shape index (κ3) is 2.17. The van der Waals surface area contributed by atoms with E-state index in [-0.39, 0.29) is 11.6 Å². The molecule has 2 aliphatic heterocycles. The van der Waals surface area contributed by atoms with Crippen LogP contribution in [0.5, 0.6) is 5.75 Å². The molecule has 2 aliphatic rings. The van der Waals surface area contributed by atoms with Crippen molar-refractivity contribution in [2.24, 2.45) is 4.99 Å². The van der Waals surface area contributed by atoms with Gasteiger partial charge in [-0.3, -0.25) is 10.4 Å². The fraction of sp³-hybridized carbons (Fsp3) is 0.438. The number of fused-ring (bicyclic) bond motifs is 1. The number of likely N-dealkylation sites (tertiary alicyclic amines) is 1. The standard InChI is InChI=1S/C16H20N6O2/c1-24-11-4-5-12-13(10-11)22(16(23)20-8-2-3-9-20)14(17)21(12)15-18-6-7-19-15/h4-5,10,17H,2-3,6-9H2,1H3,(H,18,19). The van der Waals surface area contributed by atoms with Crippen molar-refractivity contribution in [2.45, 2.75) is 12.8 Å². The highest BCUT2D eigenvalue weighted by molar-refractivity contribution is 5.97. The first-order valence-electron chi connectivity index (χ1n) is 8.15. The number of hydrogen-bond acceptors (Lipinski definition) is 5. The van der Waals surface area contributed by atoms with Crippen molar-refractivity contribution in [3.05, 3.63) is 23.8 Å². The molecule has 1 aromatic heterocycles. The van der Waals surface area contributed by atoms with E-state index < -0.39 is 0 Å². The molecule has 8 nitrogen and oxygen atoms in total. The van der Waals surface area contributed by atoms with Crippen LogP contribution in [0.1, 0.15) is 12.8 Å². The molecular weight excluding hydrogens is 308 g/mol. The maximum Gasteiger partial charge on any atom is 0.331 e. The second kappa shape index (κ2) is 5.70. The van der Waals surface area contributed by atoms with Crippen LogP contribution in [0.25, 0.3) is 11.0 Å². The summed E-state index contributed by atoms with van der Waals surface area (Å²) in [5.74, 6) is 1.27. The molecule has 126 valence electrons. The smallest absolute Gasteiger partial charge is 0.331 e. The van der Waals surface area contributed by atoms with Crippen LogP contribution in [-0.4, -0.2) is 59.3 Å². The molecule has 0 aliphatic carbocycles. The molecule has 1 aromatic carbocycles. The summed E-state index contributed by atoms with van der Waals surface area (Å²) < 4.78 is 8.44. The number of methoxy groups -OCH3 is 1. The first-order chi connectivity index (χ1) is 11.7. The predicted octanol–water partition coefficient (Wildman–Crippen LogP) is 0.802. The van der Waals surface area contributed by atoms with Gasteiger partial charge in [-0.15, -0.1) is 0 Å². The minimum absolute atomic E-state index is 0.100. The molecular formula is C16H20N6O2. The molecule has 3 heterocycles. The van der Waals surface area contributed by atoms with Crippen molar-refractivity contribution < 1.29 is 9.53 Å². The summed E-state index contributed by atoms with van der Waals surface area (Å²) in [6, 6.07) is 5.34. The first-order valence-corrected chi connectivity index (χ1v) is 8.15. The zero-order valence-corrected chi connectivity index (χ0v) is 13.6. The molecule has 2 N–H and O–H groups in total. The Morgan fingerprint density at radius 3 is 2.75 bits per heavy atom. The van der Waals surface area contributed by atoms with Gasteiger partial charge in [0, 0.05) is 25.7 Å². The lowest BCUT2D eigenvalue weighted by Gasteiger charge is -2.15. The summed E-state index contributed by atoms with van der Waals surface area (Å²) in [6.07, 6.45) is 2.02. The van der Waals surface area contributed by atoms with Crippen LogP contribution in [-0.2, 0) is 0 Å². The van der Waals surface area contributed by atoms with E-state index in [0.717, 1.165) is 38.0 Å². The number of ether oxygens (including phenoxy) is 1. The minimum atomic E-state index is -0.159. The molecule has 24 heavy (non-hydrogen) atoms. The van der Waals surface area contributed by atoms with E-state index in [1.165, 1.54) is 4.57 Å². The molecule has 0 atom stereocenters. The number of carbonyl (C=O) groups is 1. The number of benzene rings is 1. The van der Waals surface area contributed by atoms with Gasteiger partial charge in [-0.05, 0) is 25.0 Å². The lowest BCUT2D eigenvalue weighted by molar-refractivity contribution is 0.210. The van der Waals surface area contributed by atoms with Crippen LogP contribution < -0.4 is 15.7 Å². The number of carbonyl (C=O) groups excluding carboxylic acids is 1. The normalized spacial score (nSPS) is 17.2. The van der Waals surface area contributed by atoms with Gasteiger partial charge < -0.3 is 15.0 Å². The fourth-order valence-electron chi connectivity index (χ4n) is 3.32. The molecule has 0 unspecified atom stereocenters. The maximum absolute atomic E-state index is 13.0. The summed E-state index contributed by atoms with van der Waals surface area (Å²) in [4.78, 5) is 19.2. The highest BCUT2D eigenvalue weighted by atomic mass is 16.5. The van der Waals surface area contributed by atoms with Gasteiger partial charge in [0.2, 0.25) is 11.6 Å². The van der Waals surface area contributed by atoms with Crippen molar-refractivity contribution in [2.75, 3.05) is 33.3 Å². The van der Waals surface area contributed by atoms with Gasteiger partial charge in [-0.2, -0.15) is 0 Å². The van der Waals surface area contributed by atoms with Gasteiger partial charge >= 0.3 is 6.03 Å². The summed E-state index contributed by atoms with van der Waals surface area (Å²) in [5, 5.41) is 11.8. The number of nitrogens with zero attached hydrogens (tertiary/aromatic N) is 4. The number of amides is 1. The van der Waals surface area contributed by atoms with Crippen LogP contribution in [0.4, 0.5) is 4.79 Å². The van der Waals surface area contributed by atoms with Crippen LogP contribution in [0.15, 0.2) is 23.2 Å². The molecule has 0 spiro atoms. The summed E-state index contributed by atoms with van der Waals surface area (Å²) in [5.41, 5.74) is 1.53. The van der Waals surface area contributed by atoms with Crippen molar-refractivity contribution in [3.63, 3.8) is 0 Å². The van der Waals surface area contributed by atoms with Crippen molar-refractivity contribution >= 4 is 23.0 Å². The number of imidazole rings is 1. The van der Waals surface area contributed by atoms with Crippen molar-refractivity contribution in [1.82, 2.24) is 19.4 Å². The largest absolute Gasteiger partial charge is 0.497 e. The molecule has 0 saturated carbocycles. The second-order valence-corrected chi connectivity index (χ2v) is 5.96. The van der Waals surface area contributed by atoms with Crippen LogP contribution >= 0.6 is 0 Å². The van der Waals surface area contributed by atoms with Gasteiger partial charge in [0.1, 0.15) is 5.75 Å². The number of nitrogens with one attached hydrogen (secondary N) is 2. The highest BCUT2D eigenvalue weighted by Crippen LogP contribution is 2.21. The lowest BCUT2D eigenvalue weighted by Crippen LogP contribution is -2.41. The number of rotatable bonds is 1. The number of hydrogen-bond donors (Lipinski definition) is 2. The average molecular weight is 328 g/mol. The van der Waals surface area contributed by atoms with Crippen molar-refractivity contribution in [3.8, 4) is 5.75 Å². The Bertz CT molecular complexity index is 888. The molecule has 0 radical (unpaired) electrons. The summed E-state index contributed by atoms with van der Waals surface area (Å²) >= 11 is 0. The Morgan fingerprint density at radius 2 is 2.08 bits per heavy atom. The lowest BCUT2D eigenvalue weighted by atomic mass is 10.3. The molecule has 8 heteroatoms. The van der Waals surface area contributed by atoms with E-state index >= 15 is 0 Å². The Hall–Kier alpha value is -2.77. The average Bonchev–Trinajstić information content (AvgIpc) is 3.33. The molecule has 1 fully saturated rings. The highest BCUT2D eigenvalue weighted by Gasteiger charge is 2.26. The Labute approximate surface area is 138 Å². The first kappa shape index (κ1) is 14.8. The van der Waals surface area contributed by atoms with Gasteiger partial charge in [-0.25, -0.2) is 13.9 Å². The Balaban J connectivity index is 1.95. The van der Waals surface area contributed by atoms with Gasteiger partial charge in [0.15, 0.2) is 0 Å². The predicted molar refractivity (Wildman–Crippen MR) is 89.6 cm³/mol. The van der Waals surface area contributed by atoms with E-state index in [1.54, 1.807) is 22.6 Å². The third-order valence-corrected chi connectivity index (χ3v) is 4.52. The quantitative estimate of drug-likeness (QED) is 0.812. The molecule has 0 bridgehead atoms.